The number of thiazole rings is 1. The van der Waals surface area contributed by atoms with E-state index in [1.54, 1.807) is 18.4 Å². The molecule has 2 N–H and O–H groups in total. The second kappa shape index (κ2) is 10.7. The summed E-state index contributed by atoms with van der Waals surface area (Å²) in [5.74, 6) is 0.785. The molecule has 6 nitrogen and oxygen atoms in total. The van der Waals surface area contributed by atoms with E-state index in [2.05, 4.69) is 70.7 Å². The Morgan fingerprint density at radius 1 is 1.14 bits per heavy atom. The Morgan fingerprint density at radius 2 is 1.90 bits per heavy atom. The van der Waals surface area contributed by atoms with Gasteiger partial charge in [-0.3, -0.25) is 4.99 Å². The molecular weight excluding hydrogens is 495 g/mol. The first-order valence-corrected chi connectivity index (χ1v) is 10.3. The Labute approximate surface area is 193 Å². The molecule has 156 valence electrons. The van der Waals surface area contributed by atoms with E-state index in [4.69, 9.17) is 0 Å². The molecule has 3 aromatic rings. The van der Waals surface area contributed by atoms with Crippen LogP contribution in [0.25, 0.3) is 5.69 Å². The van der Waals surface area contributed by atoms with Crippen molar-refractivity contribution < 1.29 is 0 Å². The number of aliphatic imine (C=N–C) groups is 1. The largest absolute Gasteiger partial charge is 0.356 e. The number of nitrogens with one attached hydrogen (secondary N) is 2. The smallest absolute Gasteiger partial charge is 0.191 e. The number of nitrogens with zero attached hydrogens (tertiary/aromatic N) is 4. The van der Waals surface area contributed by atoms with Gasteiger partial charge in [-0.05, 0) is 45.4 Å². The van der Waals surface area contributed by atoms with Gasteiger partial charge in [0.25, 0.3) is 0 Å². The van der Waals surface area contributed by atoms with E-state index in [0.717, 1.165) is 46.7 Å². The van der Waals surface area contributed by atoms with Gasteiger partial charge in [-0.25, -0.2) is 9.67 Å². The van der Waals surface area contributed by atoms with Crippen molar-refractivity contribution in [2.45, 2.75) is 40.7 Å². The highest BCUT2D eigenvalue weighted by atomic mass is 127. The quantitative estimate of drug-likeness (QED) is 0.290. The second-order valence-electron chi connectivity index (χ2n) is 6.82. The summed E-state index contributed by atoms with van der Waals surface area (Å²) < 4.78 is 2.00. The Hall–Kier alpha value is -1.94. The van der Waals surface area contributed by atoms with Gasteiger partial charge >= 0.3 is 0 Å². The summed E-state index contributed by atoms with van der Waals surface area (Å²) in [7, 11) is 1.79. The Bertz CT molecular complexity index is 956. The zero-order chi connectivity index (χ0) is 20.1. The van der Waals surface area contributed by atoms with Crippen LogP contribution in [0.3, 0.4) is 0 Å². The molecule has 0 amide bonds. The summed E-state index contributed by atoms with van der Waals surface area (Å²) >= 11 is 1.77. The highest BCUT2D eigenvalue weighted by molar-refractivity contribution is 14.0. The third-order valence-corrected chi connectivity index (χ3v) is 5.74. The van der Waals surface area contributed by atoms with Crippen LogP contribution < -0.4 is 10.6 Å². The van der Waals surface area contributed by atoms with Crippen molar-refractivity contribution in [3.63, 3.8) is 0 Å². The average molecular weight is 524 g/mol. The van der Waals surface area contributed by atoms with Gasteiger partial charge in [-0.15, -0.1) is 35.3 Å². The average Bonchev–Trinajstić information content (AvgIpc) is 3.18. The predicted octanol–water partition coefficient (Wildman–Crippen LogP) is 4.09. The topological polar surface area (TPSA) is 67.1 Å². The van der Waals surface area contributed by atoms with Crippen LogP contribution in [-0.4, -0.2) is 34.3 Å². The van der Waals surface area contributed by atoms with Crippen LogP contribution in [0.1, 0.15) is 32.5 Å². The molecule has 0 saturated heterocycles. The Morgan fingerprint density at radius 3 is 2.52 bits per heavy atom. The van der Waals surface area contributed by atoms with Crippen LogP contribution in [0.5, 0.6) is 0 Å². The standard InChI is InChI=1S/C21H28N6S.HI/c1-14-12-15(2)27(26-14)19-9-7-6-8-18(19)13-24-21(22-5)23-11-10-20-25-16(3)17(4)28-20;/h6-9,12H,10-11,13H2,1-5H3,(H2,22,23,24);1H. The lowest BCUT2D eigenvalue weighted by Gasteiger charge is -2.15. The molecule has 29 heavy (non-hydrogen) atoms. The highest BCUT2D eigenvalue weighted by Gasteiger charge is 2.09. The Balaban J connectivity index is 0.00000300. The van der Waals surface area contributed by atoms with Gasteiger partial charge in [0.15, 0.2) is 5.96 Å². The lowest BCUT2D eigenvalue weighted by Crippen LogP contribution is -2.38. The number of hydrogen-bond acceptors (Lipinski definition) is 4. The molecule has 0 bridgehead atoms. The molecule has 0 aliphatic rings. The van der Waals surface area contributed by atoms with Crippen molar-refractivity contribution in [3.8, 4) is 5.69 Å². The molecule has 3 rings (SSSR count). The number of rotatable bonds is 6. The molecule has 0 spiro atoms. The number of benzene rings is 1. The summed E-state index contributed by atoms with van der Waals surface area (Å²) in [6, 6.07) is 10.4. The minimum Gasteiger partial charge on any atom is -0.356 e. The van der Waals surface area contributed by atoms with Crippen molar-refractivity contribution >= 4 is 41.3 Å². The van der Waals surface area contributed by atoms with Crippen LogP contribution >= 0.6 is 35.3 Å². The molecule has 8 heteroatoms. The van der Waals surface area contributed by atoms with Crippen molar-refractivity contribution in [3.05, 3.63) is 62.9 Å². The molecule has 0 aliphatic carbocycles. The van der Waals surface area contributed by atoms with Crippen LogP contribution in [0.4, 0.5) is 0 Å². The molecule has 0 fully saturated rings. The van der Waals surface area contributed by atoms with Crippen molar-refractivity contribution in [1.29, 1.82) is 0 Å². The lowest BCUT2D eigenvalue weighted by atomic mass is 10.1. The first-order chi connectivity index (χ1) is 13.5. The number of aryl methyl sites for hydroxylation is 4. The van der Waals surface area contributed by atoms with E-state index < -0.39 is 0 Å². The molecule has 0 radical (unpaired) electrons. The van der Waals surface area contributed by atoms with Crippen LogP contribution in [0.2, 0.25) is 0 Å². The van der Waals surface area contributed by atoms with Crippen LogP contribution in [-0.2, 0) is 13.0 Å². The predicted molar refractivity (Wildman–Crippen MR) is 132 cm³/mol. The molecule has 1 aromatic carbocycles. The first kappa shape index (κ1) is 23.3. The minimum absolute atomic E-state index is 0. The van der Waals surface area contributed by atoms with Gasteiger partial charge in [0.05, 0.1) is 22.1 Å². The maximum atomic E-state index is 4.62. The summed E-state index contributed by atoms with van der Waals surface area (Å²) in [4.78, 5) is 10.2. The Kier molecular flexibility index (Phi) is 8.63. The molecule has 0 atom stereocenters. The van der Waals surface area contributed by atoms with Crippen molar-refractivity contribution in [2.24, 2.45) is 4.99 Å². The summed E-state index contributed by atoms with van der Waals surface area (Å²) in [5.41, 5.74) is 5.53. The normalized spacial score (nSPS) is 11.3. The van der Waals surface area contributed by atoms with Crippen LogP contribution in [0, 0.1) is 27.7 Å². The molecule has 2 heterocycles. The third kappa shape index (κ3) is 6.02. The minimum atomic E-state index is 0. The SMILES string of the molecule is CN=C(NCCc1nc(C)c(C)s1)NCc1ccccc1-n1nc(C)cc1C.I. The number of aromatic nitrogens is 3. The van der Waals surface area contributed by atoms with Crippen molar-refractivity contribution in [1.82, 2.24) is 25.4 Å². The maximum absolute atomic E-state index is 4.62. The van der Waals surface area contributed by atoms with Gasteiger partial charge in [0.1, 0.15) is 0 Å². The van der Waals surface area contributed by atoms with Crippen LogP contribution in [0.15, 0.2) is 35.3 Å². The first-order valence-electron chi connectivity index (χ1n) is 9.47. The van der Waals surface area contributed by atoms with E-state index in [0.29, 0.717) is 6.54 Å². The number of halogens is 1. The monoisotopic (exact) mass is 524 g/mol. The molecule has 0 saturated carbocycles. The van der Waals surface area contributed by atoms with E-state index in [1.165, 1.54) is 10.4 Å². The van der Waals surface area contributed by atoms with Gasteiger partial charge in [0, 0.05) is 37.1 Å². The zero-order valence-corrected chi connectivity index (χ0v) is 20.8. The molecule has 2 aromatic heterocycles. The van der Waals surface area contributed by atoms with Gasteiger partial charge < -0.3 is 10.6 Å². The second-order valence-corrected chi connectivity index (χ2v) is 8.11. The molecule has 0 aliphatic heterocycles. The number of hydrogen-bond donors (Lipinski definition) is 2. The maximum Gasteiger partial charge on any atom is 0.191 e. The van der Waals surface area contributed by atoms with E-state index in [9.17, 15) is 0 Å². The fraction of sp³-hybridized carbons (Fsp3) is 0.381. The molecular formula is C21H29IN6S. The zero-order valence-electron chi connectivity index (χ0n) is 17.6. The lowest BCUT2D eigenvalue weighted by molar-refractivity contribution is 0.773. The number of para-hydroxylation sites is 1. The summed E-state index contributed by atoms with van der Waals surface area (Å²) in [6.07, 6.45) is 0.891. The number of guanidine groups is 1. The van der Waals surface area contributed by atoms with E-state index in [1.807, 2.05) is 17.7 Å². The highest BCUT2D eigenvalue weighted by Crippen LogP contribution is 2.17. The van der Waals surface area contributed by atoms with Gasteiger partial charge in [-0.1, -0.05) is 18.2 Å². The van der Waals surface area contributed by atoms with Gasteiger partial charge in [0.2, 0.25) is 0 Å². The molecule has 0 unspecified atom stereocenters. The van der Waals surface area contributed by atoms with Gasteiger partial charge in [-0.2, -0.15) is 5.10 Å². The third-order valence-electron chi connectivity index (χ3n) is 4.60. The van der Waals surface area contributed by atoms with E-state index in [-0.39, 0.29) is 24.0 Å². The van der Waals surface area contributed by atoms with Crippen molar-refractivity contribution in [2.75, 3.05) is 13.6 Å². The summed E-state index contributed by atoms with van der Waals surface area (Å²) in [5, 5.41) is 12.6. The summed E-state index contributed by atoms with van der Waals surface area (Å²) in [6.45, 7) is 9.73. The fourth-order valence-corrected chi connectivity index (χ4v) is 4.01. The van der Waals surface area contributed by atoms with E-state index >= 15 is 0 Å². The fourth-order valence-electron chi connectivity index (χ4n) is 3.07.